The molecule has 0 fully saturated rings. The highest BCUT2D eigenvalue weighted by Crippen LogP contribution is 2.33. The molecule has 4 N–H and O–H groups in total. The van der Waals surface area contributed by atoms with E-state index in [-0.39, 0.29) is 17.4 Å². The smallest absolute Gasteiger partial charge is 0.319 e. The van der Waals surface area contributed by atoms with E-state index in [0.29, 0.717) is 22.5 Å². The van der Waals surface area contributed by atoms with Gasteiger partial charge in [-0.2, -0.15) is 0 Å². The SMILES string of the molecule is COc1cc(C2NC(=O)NC(C)=C2C(=O)Nc2ccccc2)ccc1O. The number of allylic oxidation sites excluding steroid dienone is 1. The summed E-state index contributed by atoms with van der Waals surface area (Å²) in [6, 6.07) is 12.7. The van der Waals surface area contributed by atoms with Crippen molar-refractivity contribution in [2.24, 2.45) is 0 Å². The molecule has 3 rings (SSSR count). The van der Waals surface area contributed by atoms with Crippen LogP contribution in [0.2, 0.25) is 0 Å². The summed E-state index contributed by atoms with van der Waals surface area (Å²) in [5.74, 6) is -0.0958. The van der Waals surface area contributed by atoms with Crippen LogP contribution in [0.5, 0.6) is 11.5 Å². The molecule has 2 aromatic carbocycles. The third-order valence-electron chi connectivity index (χ3n) is 4.08. The molecule has 7 heteroatoms. The summed E-state index contributed by atoms with van der Waals surface area (Å²) in [4.78, 5) is 24.8. The summed E-state index contributed by atoms with van der Waals surface area (Å²) < 4.78 is 5.13. The minimum absolute atomic E-state index is 0.0208. The first kappa shape index (κ1) is 17.3. The van der Waals surface area contributed by atoms with E-state index < -0.39 is 12.1 Å². The lowest BCUT2D eigenvalue weighted by molar-refractivity contribution is -0.113. The first-order valence-electron chi connectivity index (χ1n) is 8.01. The van der Waals surface area contributed by atoms with Crippen molar-refractivity contribution < 1.29 is 19.4 Å². The van der Waals surface area contributed by atoms with Gasteiger partial charge in [0.2, 0.25) is 0 Å². The zero-order chi connectivity index (χ0) is 18.7. The molecular formula is C19H19N3O4. The van der Waals surface area contributed by atoms with Crippen LogP contribution in [0.15, 0.2) is 59.8 Å². The number of benzene rings is 2. The molecule has 0 saturated heterocycles. The van der Waals surface area contributed by atoms with Crippen LogP contribution < -0.4 is 20.7 Å². The molecule has 1 heterocycles. The zero-order valence-corrected chi connectivity index (χ0v) is 14.4. The normalized spacial score (nSPS) is 16.5. The fraction of sp³-hybridized carbons (Fsp3) is 0.158. The van der Waals surface area contributed by atoms with Gasteiger partial charge in [-0.1, -0.05) is 24.3 Å². The number of carbonyl (C=O) groups is 2. The molecule has 0 saturated carbocycles. The summed E-state index contributed by atoms with van der Waals surface area (Å²) in [6.07, 6.45) is 0. The maximum absolute atomic E-state index is 12.8. The van der Waals surface area contributed by atoms with Gasteiger partial charge in [-0.3, -0.25) is 4.79 Å². The Hall–Kier alpha value is -3.48. The lowest BCUT2D eigenvalue weighted by Crippen LogP contribution is -2.45. The van der Waals surface area contributed by atoms with E-state index in [1.165, 1.54) is 13.2 Å². The first-order chi connectivity index (χ1) is 12.5. The van der Waals surface area contributed by atoms with E-state index in [1.54, 1.807) is 31.2 Å². The summed E-state index contributed by atoms with van der Waals surface area (Å²) >= 11 is 0. The van der Waals surface area contributed by atoms with Crippen molar-refractivity contribution >= 4 is 17.6 Å². The molecule has 0 bridgehead atoms. The summed E-state index contributed by atoms with van der Waals surface area (Å²) in [6.45, 7) is 1.67. The fourth-order valence-electron chi connectivity index (χ4n) is 2.84. The molecule has 3 amide bonds. The molecule has 0 aromatic heterocycles. The fourth-order valence-corrected chi connectivity index (χ4v) is 2.84. The first-order valence-corrected chi connectivity index (χ1v) is 8.01. The quantitative estimate of drug-likeness (QED) is 0.679. The Bertz CT molecular complexity index is 878. The number of ether oxygens (including phenoxy) is 1. The number of rotatable bonds is 4. The van der Waals surface area contributed by atoms with E-state index in [0.717, 1.165) is 0 Å². The number of anilines is 1. The zero-order valence-electron chi connectivity index (χ0n) is 14.4. The third-order valence-corrected chi connectivity index (χ3v) is 4.08. The second-order valence-electron chi connectivity index (χ2n) is 5.82. The molecular weight excluding hydrogens is 334 g/mol. The number of urea groups is 1. The molecule has 1 atom stereocenters. The van der Waals surface area contributed by atoms with Gasteiger partial charge < -0.3 is 25.8 Å². The van der Waals surface area contributed by atoms with Crippen LogP contribution in [0.4, 0.5) is 10.5 Å². The second kappa shape index (κ2) is 7.18. The molecule has 1 unspecified atom stereocenters. The summed E-state index contributed by atoms with van der Waals surface area (Å²) in [7, 11) is 1.43. The van der Waals surface area contributed by atoms with Crippen LogP contribution in [-0.2, 0) is 4.79 Å². The molecule has 7 nitrogen and oxygen atoms in total. The molecule has 0 aliphatic carbocycles. The average molecular weight is 353 g/mol. The van der Waals surface area contributed by atoms with E-state index in [2.05, 4.69) is 16.0 Å². The standard InChI is InChI=1S/C19H19N3O4/c1-11-16(18(24)21-13-6-4-3-5-7-13)17(22-19(25)20-11)12-8-9-14(23)15(10-12)26-2/h3-10,17,23H,1-2H3,(H,21,24)(H2,20,22,25). The molecule has 1 aliphatic heterocycles. The van der Waals surface area contributed by atoms with Crippen molar-refractivity contribution in [1.82, 2.24) is 10.6 Å². The molecule has 1 aliphatic rings. The molecule has 0 spiro atoms. The molecule has 26 heavy (non-hydrogen) atoms. The predicted molar refractivity (Wildman–Crippen MR) is 96.8 cm³/mol. The van der Waals surface area contributed by atoms with E-state index in [9.17, 15) is 14.7 Å². The van der Waals surface area contributed by atoms with Crippen LogP contribution >= 0.6 is 0 Å². The second-order valence-corrected chi connectivity index (χ2v) is 5.82. The highest BCUT2D eigenvalue weighted by molar-refractivity contribution is 6.06. The average Bonchev–Trinajstić information content (AvgIpc) is 2.62. The summed E-state index contributed by atoms with van der Waals surface area (Å²) in [5, 5.41) is 18.0. The van der Waals surface area contributed by atoms with Gasteiger partial charge in [-0.15, -0.1) is 0 Å². The Labute approximate surface area is 150 Å². The number of para-hydroxylation sites is 1. The van der Waals surface area contributed by atoms with Gasteiger partial charge in [0, 0.05) is 11.4 Å². The molecule has 134 valence electrons. The lowest BCUT2D eigenvalue weighted by atomic mass is 9.94. The topological polar surface area (TPSA) is 99.7 Å². The Balaban J connectivity index is 1.98. The summed E-state index contributed by atoms with van der Waals surface area (Å²) in [5.41, 5.74) is 2.10. The Kier molecular flexibility index (Phi) is 4.79. The highest BCUT2D eigenvalue weighted by Gasteiger charge is 2.31. The number of aromatic hydroxyl groups is 1. The number of phenolic OH excluding ortho intramolecular Hbond substituents is 1. The minimum atomic E-state index is -0.679. The van der Waals surface area contributed by atoms with Crippen LogP contribution in [0.25, 0.3) is 0 Å². The van der Waals surface area contributed by atoms with Gasteiger partial charge in [0.05, 0.1) is 18.7 Å². The van der Waals surface area contributed by atoms with Crippen molar-refractivity contribution in [3.05, 3.63) is 65.4 Å². The van der Waals surface area contributed by atoms with E-state index >= 15 is 0 Å². The number of phenols is 1. The largest absolute Gasteiger partial charge is 0.504 e. The Morgan fingerprint density at radius 3 is 2.62 bits per heavy atom. The number of amides is 3. The van der Waals surface area contributed by atoms with Crippen molar-refractivity contribution in [2.45, 2.75) is 13.0 Å². The van der Waals surface area contributed by atoms with Gasteiger partial charge in [0.15, 0.2) is 11.5 Å². The minimum Gasteiger partial charge on any atom is -0.504 e. The lowest BCUT2D eigenvalue weighted by Gasteiger charge is -2.29. The molecule has 2 aromatic rings. The van der Waals surface area contributed by atoms with Crippen molar-refractivity contribution in [3.63, 3.8) is 0 Å². The van der Waals surface area contributed by atoms with Crippen molar-refractivity contribution in [3.8, 4) is 11.5 Å². The monoisotopic (exact) mass is 353 g/mol. The highest BCUT2D eigenvalue weighted by atomic mass is 16.5. The Morgan fingerprint density at radius 1 is 1.19 bits per heavy atom. The van der Waals surface area contributed by atoms with E-state index in [1.807, 2.05) is 18.2 Å². The van der Waals surface area contributed by atoms with Crippen LogP contribution in [-0.4, -0.2) is 24.2 Å². The maximum atomic E-state index is 12.8. The number of carbonyl (C=O) groups excluding carboxylic acids is 2. The van der Waals surface area contributed by atoms with Gasteiger partial charge in [0.25, 0.3) is 5.91 Å². The number of methoxy groups -OCH3 is 1. The number of hydrogen-bond acceptors (Lipinski definition) is 4. The van der Waals surface area contributed by atoms with Gasteiger partial charge in [-0.25, -0.2) is 4.79 Å². The Morgan fingerprint density at radius 2 is 1.92 bits per heavy atom. The third kappa shape index (κ3) is 3.46. The van der Waals surface area contributed by atoms with Crippen molar-refractivity contribution in [2.75, 3.05) is 12.4 Å². The van der Waals surface area contributed by atoms with Gasteiger partial charge in [0.1, 0.15) is 0 Å². The number of hydrogen-bond donors (Lipinski definition) is 4. The van der Waals surface area contributed by atoms with E-state index in [4.69, 9.17) is 4.74 Å². The van der Waals surface area contributed by atoms with Crippen molar-refractivity contribution in [1.29, 1.82) is 0 Å². The predicted octanol–water partition coefficient (Wildman–Crippen LogP) is 2.67. The number of nitrogens with one attached hydrogen (secondary N) is 3. The maximum Gasteiger partial charge on any atom is 0.319 e. The van der Waals surface area contributed by atoms with Crippen LogP contribution in [0, 0.1) is 0 Å². The molecule has 0 radical (unpaired) electrons. The van der Waals surface area contributed by atoms with Gasteiger partial charge in [-0.05, 0) is 36.8 Å². The van der Waals surface area contributed by atoms with Gasteiger partial charge >= 0.3 is 6.03 Å². The van der Waals surface area contributed by atoms with Crippen LogP contribution in [0.3, 0.4) is 0 Å². The van der Waals surface area contributed by atoms with Crippen LogP contribution in [0.1, 0.15) is 18.5 Å².